The van der Waals surface area contributed by atoms with E-state index in [1.165, 1.54) is 12.0 Å². The van der Waals surface area contributed by atoms with Gasteiger partial charge in [-0.25, -0.2) is 9.59 Å². The summed E-state index contributed by atoms with van der Waals surface area (Å²) in [7, 11) is 1.32. The second-order valence-electron chi connectivity index (χ2n) is 5.14. The van der Waals surface area contributed by atoms with Crippen LogP contribution in [-0.4, -0.2) is 54.2 Å². The Morgan fingerprint density at radius 2 is 2.05 bits per heavy atom. The first-order chi connectivity index (χ1) is 9.40. The number of hydrogen-bond acceptors (Lipinski definition) is 4. The minimum absolute atomic E-state index is 0.00246. The van der Waals surface area contributed by atoms with E-state index >= 15 is 0 Å². The van der Waals surface area contributed by atoms with Gasteiger partial charge in [0.2, 0.25) is 0 Å². The topological polar surface area (TPSA) is 95.9 Å². The molecule has 0 aromatic heterocycles. The van der Waals surface area contributed by atoms with Gasteiger partial charge in [-0.3, -0.25) is 4.79 Å². The summed E-state index contributed by atoms with van der Waals surface area (Å²) in [5.74, 6) is -1.73. The summed E-state index contributed by atoms with van der Waals surface area (Å²) in [6, 6.07) is -1.33. The quantitative estimate of drug-likeness (QED) is 0.725. The number of carboxylic acid groups (broad SMARTS) is 1. The Morgan fingerprint density at radius 3 is 2.55 bits per heavy atom. The molecule has 2 N–H and O–H groups in total. The number of nitrogens with zero attached hydrogens (tertiary/aromatic N) is 1. The van der Waals surface area contributed by atoms with Gasteiger partial charge in [-0.05, 0) is 12.3 Å². The molecule has 0 radical (unpaired) electrons. The second kappa shape index (κ2) is 7.12. The normalized spacial score (nSPS) is 23.2. The Balaban J connectivity index is 2.61. The number of carbonyl (C=O) groups is 3. The number of rotatable bonds is 5. The van der Waals surface area contributed by atoms with E-state index in [0.29, 0.717) is 19.4 Å². The first-order valence-electron chi connectivity index (χ1n) is 6.76. The van der Waals surface area contributed by atoms with Gasteiger partial charge >= 0.3 is 18.0 Å². The third-order valence-corrected chi connectivity index (χ3v) is 3.58. The molecule has 1 aliphatic heterocycles. The molecule has 7 nitrogen and oxygen atoms in total. The van der Waals surface area contributed by atoms with Gasteiger partial charge in [-0.15, -0.1) is 0 Å². The van der Waals surface area contributed by atoms with Crippen molar-refractivity contribution in [1.82, 2.24) is 10.2 Å². The van der Waals surface area contributed by atoms with Crippen LogP contribution in [0.5, 0.6) is 0 Å². The Kier molecular flexibility index (Phi) is 5.79. The van der Waals surface area contributed by atoms with Crippen molar-refractivity contribution in [3.63, 3.8) is 0 Å². The first-order valence-corrected chi connectivity index (χ1v) is 6.76. The lowest BCUT2D eigenvalue weighted by Crippen LogP contribution is -2.47. The minimum atomic E-state index is -1.04. The molecule has 0 saturated carbocycles. The molecule has 0 aromatic carbocycles. The molecule has 0 bridgehead atoms. The maximum absolute atomic E-state index is 12.0. The Morgan fingerprint density at radius 1 is 1.40 bits per heavy atom. The molecule has 1 rings (SSSR count). The largest absolute Gasteiger partial charge is 0.480 e. The van der Waals surface area contributed by atoms with E-state index in [9.17, 15) is 14.4 Å². The van der Waals surface area contributed by atoms with Gasteiger partial charge in [-0.1, -0.05) is 20.3 Å². The lowest BCUT2D eigenvalue weighted by molar-refractivity contribution is -0.146. The fourth-order valence-electron chi connectivity index (χ4n) is 2.38. The molecule has 20 heavy (non-hydrogen) atoms. The average Bonchev–Trinajstić information content (AvgIpc) is 2.79. The molecule has 0 spiro atoms. The van der Waals surface area contributed by atoms with Crippen LogP contribution in [0.25, 0.3) is 0 Å². The summed E-state index contributed by atoms with van der Waals surface area (Å²) in [4.78, 5) is 36.1. The van der Waals surface area contributed by atoms with Crippen LogP contribution in [0, 0.1) is 11.8 Å². The highest BCUT2D eigenvalue weighted by atomic mass is 16.5. The summed E-state index contributed by atoms with van der Waals surface area (Å²) in [5, 5.41) is 11.5. The zero-order valence-electron chi connectivity index (χ0n) is 12.1. The second-order valence-corrected chi connectivity index (χ2v) is 5.14. The molecule has 1 heterocycles. The van der Waals surface area contributed by atoms with Crippen molar-refractivity contribution in [3.05, 3.63) is 0 Å². The van der Waals surface area contributed by atoms with Crippen molar-refractivity contribution in [2.75, 3.05) is 20.2 Å². The summed E-state index contributed by atoms with van der Waals surface area (Å²) >= 11 is 0. The molecule has 114 valence electrons. The van der Waals surface area contributed by atoms with E-state index in [1.807, 2.05) is 13.8 Å². The van der Waals surface area contributed by atoms with E-state index in [2.05, 4.69) is 5.32 Å². The number of aliphatic carboxylic acids is 1. The minimum Gasteiger partial charge on any atom is -0.480 e. The number of methoxy groups -OCH3 is 1. The predicted molar refractivity (Wildman–Crippen MR) is 71.1 cm³/mol. The van der Waals surface area contributed by atoms with E-state index in [4.69, 9.17) is 9.84 Å². The molecule has 2 amide bonds. The van der Waals surface area contributed by atoms with Crippen molar-refractivity contribution in [2.45, 2.75) is 32.7 Å². The van der Waals surface area contributed by atoms with Crippen molar-refractivity contribution in [2.24, 2.45) is 11.8 Å². The molecule has 3 atom stereocenters. The van der Waals surface area contributed by atoms with Crippen LogP contribution in [0.3, 0.4) is 0 Å². The fourth-order valence-corrected chi connectivity index (χ4v) is 2.38. The predicted octanol–water partition coefficient (Wildman–Crippen LogP) is 0.690. The van der Waals surface area contributed by atoms with E-state index in [1.54, 1.807) is 0 Å². The van der Waals surface area contributed by atoms with E-state index in [-0.39, 0.29) is 24.3 Å². The summed E-state index contributed by atoms with van der Waals surface area (Å²) in [6.45, 7) is 4.41. The van der Waals surface area contributed by atoms with Gasteiger partial charge < -0.3 is 20.1 Å². The number of likely N-dealkylation sites (tertiary alicyclic amines) is 1. The third-order valence-electron chi connectivity index (χ3n) is 3.58. The lowest BCUT2D eigenvalue weighted by Gasteiger charge is -2.20. The van der Waals surface area contributed by atoms with Crippen molar-refractivity contribution in [1.29, 1.82) is 0 Å². The maximum Gasteiger partial charge on any atom is 0.326 e. The number of carboxylic acids is 1. The lowest BCUT2D eigenvalue weighted by atomic mass is 9.99. The smallest absolute Gasteiger partial charge is 0.326 e. The van der Waals surface area contributed by atoms with Crippen LogP contribution < -0.4 is 5.32 Å². The van der Waals surface area contributed by atoms with Crippen LogP contribution in [-0.2, 0) is 14.3 Å². The molecule has 1 saturated heterocycles. The highest BCUT2D eigenvalue weighted by Crippen LogP contribution is 2.24. The molecule has 2 unspecified atom stereocenters. The highest BCUT2D eigenvalue weighted by Gasteiger charge is 2.38. The third kappa shape index (κ3) is 3.85. The van der Waals surface area contributed by atoms with Crippen LogP contribution in [0.4, 0.5) is 4.79 Å². The fraction of sp³-hybridized carbons (Fsp3) is 0.769. The zero-order chi connectivity index (χ0) is 15.3. The molecule has 1 fully saturated rings. The van der Waals surface area contributed by atoms with Crippen molar-refractivity contribution >= 4 is 18.0 Å². The van der Waals surface area contributed by atoms with Crippen LogP contribution in [0.15, 0.2) is 0 Å². The molecule has 7 heteroatoms. The van der Waals surface area contributed by atoms with Crippen molar-refractivity contribution < 1.29 is 24.2 Å². The number of urea groups is 1. The Bertz CT molecular complexity index is 385. The molecular weight excluding hydrogens is 264 g/mol. The first kappa shape index (κ1) is 16.3. The van der Waals surface area contributed by atoms with Crippen LogP contribution in [0.2, 0.25) is 0 Å². The van der Waals surface area contributed by atoms with Crippen molar-refractivity contribution in [3.8, 4) is 0 Å². The summed E-state index contributed by atoms with van der Waals surface area (Å²) < 4.78 is 4.70. The number of esters is 1. The standard InChI is InChI=1S/C13H22N2O5/c1-4-5-10(11(16)17)14-13(19)15-6-8(2)9(7-15)12(18)20-3/h8-10H,4-7H2,1-3H3,(H,14,19)(H,16,17)/t8?,9?,10-/m1/s1. The summed E-state index contributed by atoms with van der Waals surface area (Å²) in [6.07, 6.45) is 1.04. The molecule has 0 aromatic rings. The number of carbonyl (C=O) groups excluding carboxylic acids is 2. The number of ether oxygens (including phenoxy) is 1. The number of amides is 2. The van der Waals surface area contributed by atoms with E-state index < -0.39 is 18.0 Å². The molecular formula is C13H22N2O5. The van der Waals surface area contributed by atoms with E-state index in [0.717, 1.165) is 0 Å². The number of hydrogen-bond donors (Lipinski definition) is 2. The molecule has 0 aliphatic carbocycles. The van der Waals surface area contributed by atoms with Crippen LogP contribution >= 0.6 is 0 Å². The zero-order valence-corrected chi connectivity index (χ0v) is 12.1. The highest BCUT2D eigenvalue weighted by molar-refractivity contribution is 5.83. The van der Waals surface area contributed by atoms with Gasteiger partial charge in [0.25, 0.3) is 0 Å². The average molecular weight is 286 g/mol. The Hall–Kier alpha value is -1.79. The Labute approximate surface area is 118 Å². The maximum atomic E-state index is 12.0. The van der Waals surface area contributed by atoms with Gasteiger partial charge in [0.1, 0.15) is 6.04 Å². The van der Waals surface area contributed by atoms with Gasteiger partial charge in [0.15, 0.2) is 0 Å². The SMILES string of the molecule is CCC[C@@H](NC(=O)N1CC(C)C(C(=O)OC)C1)C(=O)O. The monoisotopic (exact) mass is 286 g/mol. The summed E-state index contributed by atoms with van der Waals surface area (Å²) in [5.41, 5.74) is 0. The molecule has 1 aliphatic rings. The van der Waals surface area contributed by atoms with Gasteiger partial charge in [-0.2, -0.15) is 0 Å². The van der Waals surface area contributed by atoms with Crippen LogP contribution in [0.1, 0.15) is 26.7 Å². The van der Waals surface area contributed by atoms with Gasteiger partial charge in [0.05, 0.1) is 13.0 Å². The number of nitrogens with one attached hydrogen (secondary N) is 1. The van der Waals surface area contributed by atoms with Gasteiger partial charge in [0, 0.05) is 13.1 Å².